The summed E-state index contributed by atoms with van der Waals surface area (Å²) in [5.41, 5.74) is 1.87. The molecule has 0 N–H and O–H groups in total. The molecule has 0 saturated carbocycles. The van der Waals surface area contributed by atoms with Crippen molar-refractivity contribution in [2.24, 2.45) is 11.3 Å². The molecule has 1 atom stereocenters. The van der Waals surface area contributed by atoms with Crippen LogP contribution in [0.4, 0.5) is 0 Å². The average Bonchev–Trinajstić information content (AvgIpc) is 3.00. The number of ether oxygens (including phenoxy) is 1. The first-order valence-electron chi connectivity index (χ1n) is 8.42. The lowest BCUT2D eigenvalue weighted by molar-refractivity contribution is -0.127. The lowest BCUT2D eigenvalue weighted by Gasteiger charge is -2.61. The zero-order valence-corrected chi connectivity index (χ0v) is 13.7. The maximum atomic E-state index is 13.0. The largest absolute Gasteiger partial charge is 0.381 e. The number of hydrogen-bond donors (Lipinski definition) is 0. The van der Waals surface area contributed by atoms with Gasteiger partial charge in [0.2, 0.25) is 0 Å². The molecule has 5 nitrogen and oxygen atoms in total. The van der Waals surface area contributed by atoms with Gasteiger partial charge in [-0.2, -0.15) is 0 Å². The number of carbonyl (C=O) groups is 1. The number of carbonyl (C=O) groups excluding carboxylic acids is 1. The van der Waals surface area contributed by atoms with E-state index in [0.717, 1.165) is 43.8 Å². The number of fused-ring (bicyclic) bond motifs is 1. The van der Waals surface area contributed by atoms with Gasteiger partial charge < -0.3 is 14.0 Å². The van der Waals surface area contributed by atoms with Crippen LogP contribution in [-0.4, -0.2) is 46.0 Å². The van der Waals surface area contributed by atoms with Crippen LogP contribution in [0.5, 0.6) is 0 Å². The van der Waals surface area contributed by atoms with Crippen molar-refractivity contribution in [3.63, 3.8) is 0 Å². The molecule has 2 saturated heterocycles. The van der Waals surface area contributed by atoms with Crippen molar-refractivity contribution in [2.45, 2.75) is 32.7 Å². The first-order valence-corrected chi connectivity index (χ1v) is 8.42. The van der Waals surface area contributed by atoms with Crippen LogP contribution in [0.2, 0.25) is 0 Å². The molecule has 2 fully saturated rings. The molecule has 1 spiro atoms. The van der Waals surface area contributed by atoms with Crippen molar-refractivity contribution in [3.8, 4) is 0 Å². The van der Waals surface area contributed by atoms with Gasteiger partial charge in [0.25, 0.3) is 5.91 Å². The number of imidazole rings is 1. The van der Waals surface area contributed by atoms with Gasteiger partial charge in [-0.3, -0.25) is 4.79 Å². The second-order valence-corrected chi connectivity index (χ2v) is 7.21. The van der Waals surface area contributed by atoms with Crippen LogP contribution in [-0.2, 0) is 4.74 Å². The summed E-state index contributed by atoms with van der Waals surface area (Å²) in [6.07, 6.45) is 7.65. The summed E-state index contributed by atoms with van der Waals surface area (Å²) in [4.78, 5) is 19.3. The number of rotatable bonds is 2. The smallest absolute Gasteiger partial charge is 0.255 e. The van der Waals surface area contributed by atoms with E-state index >= 15 is 0 Å². The summed E-state index contributed by atoms with van der Waals surface area (Å²) in [7, 11) is 0. The molecule has 23 heavy (non-hydrogen) atoms. The highest BCUT2D eigenvalue weighted by Gasteiger charge is 2.55. The van der Waals surface area contributed by atoms with Gasteiger partial charge in [0.05, 0.1) is 5.56 Å². The van der Waals surface area contributed by atoms with E-state index in [1.54, 1.807) is 6.20 Å². The first-order chi connectivity index (χ1) is 11.1. The maximum Gasteiger partial charge on any atom is 0.255 e. The van der Waals surface area contributed by atoms with Crippen molar-refractivity contribution in [3.05, 3.63) is 36.3 Å². The molecule has 2 aliphatic heterocycles. The molecule has 0 radical (unpaired) electrons. The van der Waals surface area contributed by atoms with Crippen molar-refractivity contribution >= 4 is 11.6 Å². The molecule has 0 unspecified atom stereocenters. The Hall–Kier alpha value is -1.88. The Morgan fingerprint density at radius 3 is 2.87 bits per heavy atom. The summed E-state index contributed by atoms with van der Waals surface area (Å²) in [5.74, 6) is 0.596. The topological polar surface area (TPSA) is 46.8 Å². The fraction of sp³-hybridized carbons (Fsp3) is 0.556. The number of amides is 1. The summed E-state index contributed by atoms with van der Waals surface area (Å²) >= 11 is 0. The van der Waals surface area contributed by atoms with Gasteiger partial charge >= 0.3 is 0 Å². The van der Waals surface area contributed by atoms with Crippen LogP contribution in [0.1, 0.15) is 37.0 Å². The third-order valence-electron chi connectivity index (χ3n) is 5.47. The molecule has 0 aliphatic carbocycles. The molecule has 0 bridgehead atoms. The van der Waals surface area contributed by atoms with E-state index in [-0.39, 0.29) is 11.3 Å². The number of hydrogen-bond acceptors (Lipinski definition) is 3. The van der Waals surface area contributed by atoms with Crippen molar-refractivity contribution in [1.82, 2.24) is 14.3 Å². The number of pyridine rings is 1. The normalized spacial score (nSPS) is 23.4. The molecular formula is C18H23N3O2. The standard InChI is InChI=1S/C18H23N3O2/c1-13(2)16-18(5-9-23-10-6-18)12-21(16)17(22)14-3-4-15-19-7-8-20(15)11-14/h3-4,7-8,11,13,16H,5-6,9-10,12H2,1-2H3/t16-/m1/s1. The summed E-state index contributed by atoms with van der Waals surface area (Å²) < 4.78 is 7.44. The number of nitrogens with zero attached hydrogens (tertiary/aromatic N) is 3. The SMILES string of the molecule is CC(C)[C@H]1N(C(=O)c2ccc3nccn3c2)CC12CCOCC2. The number of likely N-dealkylation sites (tertiary alicyclic amines) is 1. The molecule has 2 aliphatic rings. The lowest BCUT2D eigenvalue weighted by Crippen LogP contribution is -2.69. The Balaban J connectivity index is 1.60. The van der Waals surface area contributed by atoms with E-state index in [0.29, 0.717) is 12.0 Å². The summed E-state index contributed by atoms with van der Waals surface area (Å²) in [6.45, 7) is 6.96. The molecule has 4 heterocycles. The van der Waals surface area contributed by atoms with Crippen LogP contribution in [0.25, 0.3) is 5.65 Å². The predicted octanol–water partition coefficient (Wildman–Crippen LogP) is 2.61. The van der Waals surface area contributed by atoms with Crippen molar-refractivity contribution < 1.29 is 9.53 Å². The second kappa shape index (κ2) is 5.34. The molecule has 122 valence electrons. The monoisotopic (exact) mass is 313 g/mol. The minimum Gasteiger partial charge on any atom is -0.381 e. The second-order valence-electron chi connectivity index (χ2n) is 7.21. The molecule has 2 aromatic rings. The van der Waals surface area contributed by atoms with E-state index in [1.165, 1.54) is 0 Å². The molecular weight excluding hydrogens is 290 g/mol. The van der Waals surface area contributed by atoms with Gasteiger partial charge in [-0.25, -0.2) is 4.98 Å². The fourth-order valence-corrected chi connectivity index (χ4v) is 4.46. The van der Waals surface area contributed by atoms with Crippen LogP contribution in [0.15, 0.2) is 30.7 Å². The van der Waals surface area contributed by atoms with Crippen molar-refractivity contribution in [2.75, 3.05) is 19.8 Å². The average molecular weight is 313 g/mol. The van der Waals surface area contributed by atoms with E-state index < -0.39 is 0 Å². The highest BCUT2D eigenvalue weighted by atomic mass is 16.5. The first kappa shape index (κ1) is 14.7. The van der Waals surface area contributed by atoms with Crippen LogP contribution in [0.3, 0.4) is 0 Å². The Morgan fingerprint density at radius 1 is 1.35 bits per heavy atom. The molecule has 2 aromatic heterocycles. The minimum atomic E-state index is 0.136. The van der Waals surface area contributed by atoms with Gasteiger partial charge in [-0.1, -0.05) is 13.8 Å². The highest BCUT2D eigenvalue weighted by Crippen LogP contribution is 2.49. The van der Waals surface area contributed by atoms with E-state index in [4.69, 9.17) is 4.74 Å². The van der Waals surface area contributed by atoms with Gasteiger partial charge in [0, 0.05) is 49.8 Å². The molecule has 0 aromatic carbocycles. The highest BCUT2D eigenvalue weighted by molar-refractivity contribution is 5.95. The lowest BCUT2D eigenvalue weighted by atomic mass is 9.62. The maximum absolute atomic E-state index is 13.0. The Morgan fingerprint density at radius 2 is 2.13 bits per heavy atom. The number of aromatic nitrogens is 2. The van der Waals surface area contributed by atoms with E-state index in [2.05, 4.69) is 23.7 Å². The van der Waals surface area contributed by atoms with E-state index in [1.807, 2.05) is 28.9 Å². The Labute approximate surface area is 136 Å². The van der Waals surface area contributed by atoms with Crippen LogP contribution < -0.4 is 0 Å². The van der Waals surface area contributed by atoms with Crippen LogP contribution in [0, 0.1) is 11.3 Å². The van der Waals surface area contributed by atoms with Gasteiger partial charge in [0.15, 0.2) is 0 Å². The molecule has 5 heteroatoms. The minimum absolute atomic E-state index is 0.136. The van der Waals surface area contributed by atoms with Crippen LogP contribution >= 0.6 is 0 Å². The predicted molar refractivity (Wildman–Crippen MR) is 87.3 cm³/mol. The zero-order valence-electron chi connectivity index (χ0n) is 13.7. The summed E-state index contributed by atoms with van der Waals surface area (Å²) in [6, 6.07) is 4.11. The van der Waals surface area contributed by atoms with Gasteiger partial charge in [0.1, 0.15) is 5.65 Å². The third-order valence-corrected chi connectivity index (χ3v) is 5.47. The van der Waals surface area contributed by atoms with Gasteiger partial charge in [-0.15, -0.1) is 0 Å². The van der Waals surface area contributed by atoms with E-state index in [9.17, 15) is 4.79 Å². The fourth-order valence-electron chi connectivity index (χ4n) is 4.46. The van der Waals surface area contributed by atoms with Gasteiger partial charge in [-0.05, 0) is 30.9 Å². The zero-order chi connectivity index (χ0) is 16.0. The third kappa shape index (κ3) is 2.26. The Kier molecular flexibility index (Phi) is 3.41. The summed E-state index contributed by atoms with van der Waals surface area (Å²) in [5, 5.41) is 0. The molecule has 1 amide bonds. The Bertz CT molecular complexity index is 731. The van der Waals surface area contributed by atoms with Crippen molar-refractivity contribution in [1.29, 1.82) is 0 Å². The molecule has 4 rings (SSSR count). The quantitative estimate of drug-likeness (QED) is 0.856.